The van der Waals surface area contributed by atoms with Gasteiger partial charge in [0.05, 0.1) is 72.7 Å². The number of unbranched alkanes of at least 4 members (excludes halogenated alkanes) is 11. The molecule has 400 valence electrons. The minimum Gasteiger partial charge on any atom is -0.481 e. The molecule has 4 amide bonds. The van der Waals surface area contributed by atoms with E-state index in [1.54, 1.807) is 0 Å². The van der Waals surface area contributed by atoms with Gasteiger partial charge in [-0.25, -0.2) is 4.79 Å². The van der Waals surface area contributed by atoms with E-state index in [2.05, 4.69) is 21.3 Å². The lowest BCUT2D eigenvalue weighted by Gasteiger charge is -2.14. The van der Waals surface area contributed by atoms with Crippen molar-refractivity contribution in [3.8, 4) is 0 Å². The summed E-state index contributed by atoms with van der Waals surface area (Å²) >= 11 is 0. The highest BCUT2D eigenvalue weighted by Crippen LogP contribution is 2.13. The number of carbonyl (C=O) groups excluding carboxylic acids is 6. The van der Waals surface area contributed by atoms with Crippen LogP contribution in [0.3, 0.4) is 0 Å². The molecule has 1 atom stereocenters. The van der Waals surface area contributed by atoms with E-state index in [1.165, 1.54) is 19.8 Å². The van der Waals surface area contributed by atoms with Crippen LogP contribution in [-0.2, 0) is 76.3 Å². The summed E-state index contributed by atoms with van der Waals surface area (Å²) in [5.74, 6) is -3.37. The second-order valence-corrected chi connectivity index (χ2v) is 16.2. The number of carboxylic acids is 2. The minimum absolute atomic E-state index is 0.0126. The van der Waals surface area contributed by atoms with Gasteiger partial charge in [0.2, 0.25) is 23.6 Å². The number of carboxylic acid groups (broad SMARTS) is 2. The van der Waals surface area contributed by atoms with Crippen molar-refractivity contribution in [1.29, 1.82) is 0 Å². The van der Waals surface area contributed by atoms with Crippen molar-refractivity contribution in [2.45, 2.75) is 129 Å². The van der Waals surface area contributed by atoms with Gasteiger partial charge >= 0.3 is 11.9 Å². The third-order valence-electron chi connectivity index (χ3n) is 9.81. The molecular weight excluding hydrogens is 909 g/mol. The smallest absolute Gasteiger partial charge is 0.326 e. The van der Waals surface area contributed by atoms with Crippen LogP contribution in [0.25, 0.3) is 0 Å². The number of hydrogen-bond donors (Lipinski definition) is 6. The average Bonchev–Trinajstić information content (AvgIpc) is 3.30. The van der Waals surface area contributed by atoms with E-state index in [0.29, 0.717) is 39.1 Å². The van der Waals surface area contributed by atoms with Gasteiger partial charge in [-0.05, 0) is 32.6 Å². The summed E-state index contributed by atoms with van der Waals surface area (Å²) in [7, 11) is 0. The molecule has 0 unspecified atom stereocenters. The molecule has 0 heterocycles. The van der Waals surface area contributed by atoms with Crippen LogP contribution in [0.5, 0.6) is 0 Å². The molecule has 0 rings (SSSR count). The Hall–Kier alpha value is -4.16. The highest BCUT2D eigenvalue weighted by molar-refractivity contribution is 5.84. The van der Waals surface area contributed by atoms with Crippen LogP contribution in [0, 0.1) is 0 Å². The molecule has 0 aliphatic carbocycles. The standard InChI is InChI=1S/C47H84N4O18/c1-39(52)35-66-31-27-62-23-14-15-40(53)36-67-32-28-64-25-21-49-44(56)38-69-34-30-65-26-22-50-45(57)37-68-33-29-63-24-20-48-42(54)19-18-41(47(60)61)51-43(55)16-12-10-8-6-4-2-3-5-7-9-11-13-17-46(58)59/h41H,2-38H2,1H3,(H,48,54)(H,49,56)(H,50,57)(H,51,55)(H,58,59)(H,60,61)/t41-/m0/s1. The number of nitrogens with one attached hydrogen (secondary N) is 4. The molecule has 0 fully saturated rings. The number of amides is 4. The molecule has 0 bridgehead atoms. The first-order chi connectivity index (χ1) is 33.4. The van der Waals surface area contributed by atoms with E-state index in [-0.39, 0.29) is 166 Å². The maximum atomic E-state index is 12.3. The summed E-state index contributed by atoms with van der Waals surface area (Å²) in [6.07, 6.45) is 13.5. The van der Waals surface area contributed by atoms with Gasteiger partial charge < -0.3 is 69.4 Å². The quantitative estimate of drug-likeness (QED) is 0.0477. The number of ether oxygens (including phenoxy) is 8. The third-order valence-corrected chi connectivity index (χ3v) is 9.81. The van der Waals surface area contributed by atoms with Crippen LogP contribution in [-0.4, -0.2) is 189 Å². The Kier molecular flexibility index (Phi) is 45.9. The van der Waals surface area contributed by atoms with E-state index >= 15 is 0 Å². The fourth-order valence-corrected chi connectivity index (χ4v) is 6.16. The summed E-state index contributed by atoms with van der Waals surface area (Å²) in [5, 5.41) is 28.6. The van der Waals surface area contributed by atoms with Crippen LogP contribution in [0.4, 0.5) is 0 Å². The lowest BCUT2D eigenvalue weighted by Crippen LogP contribution is -2.41. The topological polar surface area (TPSA) is 299 Å². The van der Waals surface area contributed by atoms with Crippen LogP contribution < -0.4 is 21.3 Å². The molecule has 0 aromatic carbocycles. The predicted octanol–water partition coefficient (Wildman–Crippen LogP) is 2.30. The van der Waals surface area contributed by atoms with E-state index in [1.807, 2.05) is 0 Å². The Morgan fingerprint density at radius 2 is 0.768 bits per heavy atom. The van der Waals surface area contributed by atoms with Crippen molar-refractivity contribution in [1.82, 2.24) is 21.3 Å². The molecule has 22 heteroatoms. The van der Waals surface area contributed by atoms with Crippen molar-refractivity contribution >= 4 is 47.1 Å². The van der Waals surface area contributed by atoms with Gasteiger partial charge in [-0.2, -0.15) is 0 Å². The Labute approximate surface area is 408 Å². The molecule has 0 aliphatic heterocycles. The van der Waals surface area contributed by atoms with Crippen molar-refractivity contribution in [3.63, 3.8) is 0 Å². The summed E-state index contributed by atoms with van der Waals surface area (Å²) in [6.45, 7) is 4.97. The Morgan fingerprint density at radius 3 is 1.22 bits per heavy atom. The SMILES string of the molecule is CC(=O)COCCOCCCC(=O)COCCOCCNC(=O)COCCOCCNC(=O)COCCOCCNC(=O)CC[C@H](NC(=O)CCCCCCCCCCCCCCC(=O)O)C(=O)O. The van der Waals surface area contributed by atoms with Gasteiger partial charge in [0, 0.05) is 51.9 Å². The number of carbonyl (C=O) groups is 8. The maximum Gasteiger partial charge on any atom is 0.326 e. The third kappa shape index (κ3) is 50.1. The van der Waals surface area contributed by atoms with Gasteiger partial charge in [0.15, 0.2) is 11.6 Å². The summed E-state index contributed by atoms with van der Waals surface area (Å²) in [5.41, 5.74) is 0. The Bertz CT molecular complexity index is 1370. The van der Waals surface area contributed by atoms with Crippen molar-refractivity contribution in [3.05, 3.63) is 0 Å². The van der Waals surface area contributed by atoms with Crippen LogP contribution in [0.15, 0.2) is 0 Å². The number of rotatable bonds is 53. The molecule has 0 radical (unpaired) electrons. The van der Waals surface area contributed by atoms with Gasteiger partial charge in [-0.1, -0.05) is 64.2 Å². The molecule has 69 heavy (non-hydrogen) atoms. The largest absolute Gasteiger partial charge is 0.481 e. The van der Waals surface area contributed by atoms with Gasteiger partial charge in [-0.15, -0.1) is 0 Å². The first-order valence-electron chi connectivity index (χ1n) is 24.6. The first-order valence-corrected chi connectivity index (χ1v) is 24.6. The van der Waals surface area contributed by atoms with Gasteiger partial charge in [-0.3, -0.25) is 33.6 Å². The van der Waals surface area contributed by atoms with E-state index < -0.39 is 18.0 Å². The summed E-state index contributed by atoms with van der Waals surface area (Å²) < 4.78 is 42.4. The zero-order valence-corrected chi connectivity index (χ0v) is 41.2. The molecule has 0 aliphatic rings. The fraction of sp³-hybridized carbons (Fsp3) is 0.830. The van der Waals surface area contributed by atoms with Crippen molar-refractivity contribution < 1.29 is 86.5 Å². The molecule has 0 saturated carbocycles. The first kappa shape index (κ1) is 64.8. The monoisotopic (exact) mass is 993 g/mol. The van der Waals surface area contributed by atoms with Crippen LogP contribution in [0.1, 0.15) is 122 Å². The maximum absolute atomic E-state index is 12.3. The molecule has 22 nitrogen and oxygen atoms in total. The predicted molar refractivity (Wildman–Crippen MR) is 252 cm³/mol. The molecular formula is C47H84N4O18. The zero-order valence-electron chi connectivity index (χ0n) is 41.2. The minimum atomic E-state index is -1.20. The highest BCUT2D eigenvalue weighted by Gasteiger charge is 2.21. The van der Waals surface area contributed by atoms with E-state index in [9.17, 15) is 43.5 Å². The second-order valence-electron chi connectivity index (χ2n) is 16.2. The molecule has 0 saturated heterocycles. The lowest BCUT2D eigenvalue weighted by molar-refractivity contribution is -0.142. The Morgan fingerprint density at radius 1 is 0.377 bits per heavy atom. The summed E-state index contributed by atoms with van der Waals surface area (Å²) in [4.78, 5) is 93.1. The molecule has 0 aromatic heterocycles. The number of Topliss-reactive ketones (excluding diaryl/α,β-unsaturated/α-hetero) is 2. The highest BCUT2D eigenvalue weighted by atomic mass is 16.5. The van der Waals surface area contributed by atoms with Crippen molar-refractivity contribution in [2.75, 3.05) is 125 Å². The van der Waals surface area contributed by atoms with Crippen LogP contribution >= 0.6 is 0 Å². The average molecular weight is 993 g/mol. The fourth-order valence-electron chi connectivity index (χ4n) is 6.16. The number of aliphatic carboxylic acids is 2. The normalized spacial score (nSPS) is 11.5. The number of ketones is 2. The van der Waals surface area contributed by atoms with E-state index in [0.717, 1.165) is 57.8 Å². The summed E-state index contributed by atoms with van der Waals surface area (Å²) in [6, 6.07) is -1.15. The molecule has 0 spiro atoms. The number of hydrogen-bond acceptors (Lipinski definition) is 16. The molecule has 0 aromatic rings. The van der Waals surface area contributed by atoms with Crippen LogP contribution in [0.2, 0.25) is 0 Å². The lowest BCUT2D eigenvalue weighted by atomic mass is 10.0. The zero-order chi connectivity index (χ0) is 50.8. The molecule has 6 N–H and O–H groups in total. The second kappa shape index (κ2) is 48.8. The van der Waals surface area contributed by atoms with Crippen molar-refractivity contribution in [2.24, 2.45) is 0 Å². The van der Waals surface area contributed by atoms with Gasteiger partial charge in [0.1, 0.15) is 32.5 Å². The van der Waals surface area contributed by atoms with Gasteiger partial charge in [0.25, 0.3) is 0 Å². The van der Waals surface area contributed by atoms with E-state index in [4.69, 9.17) is 43.0 Å². The Balaban J connectivity index is 3.59.